The monoisotopic (exact) mass is 342 g/mol. The first-order chi connectivity index (χ1) is 12.1. The summed E-state index contributed by atoms with van der Waals surface area (Å²) in [6, 6.07) is 5.07. The van der Waals surface area contributed by atoms with E-state index in [1.807, 2.05) is 18.2 Å². The third-order valence-electron chi connectivity index (χ3n) is 5.27. The Labute approximate surface area is 145 Å². The maximum absolute atomic E-state index is 12.5. The average Bonchev–Trinajstić information content (AvgIpc) is 3.14. The van der Waals surface area contributed by atoms with Gasteiger partial charge in [-0.15, -0.1) is 0 Å². The van der Waals surface area contributed by atoms with Crippen LogP contribution in [0.5, 0.6) is 0 Å². The van der Waals surface area contributed by atoms with Gasteiger partial charge in [0.05, 0.1) is 0 Å². The summed E-state index contributed by atoms with van der Waals surface area (Å²) >= 11 is 0. The molecule has 2 N–H and O–H groups in total. The zero-order chi connectivity index (χ0) is 17.4. The summed E-state index contributed by atoms with van der Waals surface area (Å²) in [6.07, 6.45) is 5.77. The molecule has 0 bridgehead atoms. The molecule has 6 nitrogen and oxygen atoms in total. The fourth-order valence-electron chi connectivity index (χ4n) is 4.01. The Hall–Kier alpha value is -2.50. The van der Waals surface area contributed by atoms with Gasteiger partial charge in [-0.2, -0.15) is 0 Å². The van der Waals surface area contributed by atoms with Crippen molar-refractivity contribution in [1.29, 1.82) is 0 Å². The maximum atomic E-state index is 12.5. The predicted octanol–water partition coefficient (Wildman–Crippen LogP) is 3.78. The van der Waals surface area contributed by atoms with Crippen molar-refractivity contribution in [2.75, 3.05) is 11.9 Å². The number of carbonyl (C=O) groups is 2. The number of anilines is 1. The summed E-state index contributed by atoms with van der Waals surface area (Å²) in [5, 5.41) is 13.2. The molecule has 1 aliphatic heterocycles. The first kappa shape index (κ1) is 16.0. The van der Waals surface area contributed by atoms with Crippen molar-refractivity contribution in [3.8, 4) is 0 Å². The van der Waals surface area contributed by atoms with Gasteiger partial charge in [0, 0.05) is 29.6 Å². The van der Waals surface area contributed by atoms with Crippen LogP contribution in [0.3, 0.4) is 0 Å². The van der Waals surface area contributed by atoms with Crippen LogP contribution >= 0.6 is 0 Å². The molecule has 1 fully saturated rings. The first-order valence-electron chi connectivity index (χ1n) is 8.98. The van der Waals surface area contributed by atoms with Crippen molar-refractivity contribution >= 4 is 28.7 Å². The summed E-state index contributed by atoms with van der Waals surface area (Å²) in [6.45, 7) is 0.418. The van der Waals surface area contributed by atoms with E-state index in [9.17, 15) is 14.7 Å². The van der Waals surface area contributed by atoms with Gasteiger partial charge in [-0.05, 0) is 50.3 Å². The molecule has 2 aromatic rings. The quantitative estimate of drug-likeness (QED) is 0.814. The molecule has 132 valence electrons. The lowest BCUT2D eigenvalue weighted by Gasteiger charge is -2.20. The predicted molar refractivity (Wildman–Crippen MR) is 93.9 cm³/mol. The minimum absolute atomic E-state index is 0.256. The zero-order valence-electron chi connectivity index (χ0n) is 14.1. The molecule has 2 heterocycles. The molecule has 1 aromatic carbocycles. The SMILES string of the molecule is O=C(Nc1ccc2oc3c(c2c1)CCCCC3)[C@@H]1CCCN1C(=O)O. The van der Waals surface area contributed by atoms with Crippen LogP contribution in [0.4, 0.5) is 10.5 Å². The fourth-order valence-corrected chi connectivity index (χ4v) is 4.01. The van der Waals surface area contributed by atoms with Gasteiger partial charge < -0.3 is 14.8 Å². The maximum Gasteiger partial charge on any atom is 0.407 e. The Balaban J connectivity index is 1.58. The third-order valence-corrected chi connectivity index (χ3v) is 5.27. The topological polar surface area (TPSA) is 82.8 Å². The molecule has 1 saturated heterocycles. The number of carbonyl (C=O) groups excluding carboxylic acids is 1. The Morgan fingerprint density at radius 3 is 2.84 bits per heavy atom. The number of amides is 2. The highest BCUT2D eigenvalue weighted by Crippen LogP contribution is 2.33. The summed E-state index contributed by atoms with van der Waals surface area (Å²) in [7, 11) is 0. The number of aryl methyl sites for hydroxylation is 2. The van der Waals surface area contributed by atoms with E-state index in [2.05, 4.69) is 5.32 Å². The van der Waals surface area contributed by atoms with E-state index < -0.39 is 12.1 Å². The number of benzene rings is 1. The number of rotatable bonds is 2. The van der Waals surface area contributed by atoms with Gasteiger partial charge in [0.1, 0.15) is 17.4 Å². The highest BCUT2D eigenvalue weighted by atomic mass is 16.4. The number of carboxylic acid groups (broad SMARTS) is 1. The number of fused-ring (bicyclic) bond motifs is 3. The van der Waals surface area contributed by atoms with Crippen molar-refractivity contribution in [2.45, 2.75) is 51.0 Å². The van der Waals surface area contributed by atoms with Gasteiger partial charge in [0.25, 0.3) is 0 Å². The van der Waals surface area contributed by atoms with E-state index >= 15 is 0 Å². The Kier molecular flexibility index (Phi) is 4.11. The van der Waals surface area contributed by atoms with Crippen LogP contribution in [0.2, 0.25) is 0 Å². The molecule has 1 aromatic heterocycles. The molecule has 0 saturated carbocycles. The highest BCUT2D eigenvalue weighted by Gasteiger charge is 2.34. The van der Waals surface area contributed by atoms with Crippen molar-refractivity contribution in [1.82, 2.24) is 4.90 Å². The summed E-state index contributed by atoms with van der Waals surface area (Å²) in [5.74, 6) is 0.817. The molecule has 1 aliphatic carbocycles. The fraction of sp³-hybridized carbons (Fsp3) is 0.474. The molecule has 0 unspecified atom stereocenters. The Morgan fingerprint density at radius 1 is 1.16 bits per heavy atom. The lowest BCUT2D eigenvalue weighted by molar-refractivity contribution is -0.119. The van der Waals surface area contributed by atoms with Crippen molar-refractivity contribution in [2.24, 2.45) is 0 Å². The Morgan fingerprint density at radius 2 is 2.00 bits per heavy atom. The van der Waals surface area contributed by atoms with Crippen molar-refractivity contribution in [3.63, 3.8) is 0 Å². The highest BCUT2D eigenvalue weighted by molar-refractivity contribution is 5.98. The lowest BCUT2D eigenvalue weighted by atomic mass is 10.1. The number of nitrogens with zero attached hydrogens (tertiary/aromatic N) is 1. The zero-order valence-corrected chi connectivity index (χ0v) is 14.1. The second-order valence-electron chi connectivity index (χ2n) is 6.90. The molecule has 25 heavy (non-hydrogen) atoms. The second-order valence-corrected chi connectivity index (χ2v) is 6.90. The molecule has 2 amide bonds. The van der Waals surface area contributed by atoms with Gasteiger partial charge in [-0.1, -0.05) is 6.42 Å². The minimum atomic E-state index is -1.03. The minimum Gasteiger partial charge on any atom is -0.465 e. The molecule has 1 atom stereocenters. The van der Waals surface area contributed by atoms with Crippen LogP contribution in [0.1, 0.15) is 43.4 Å². The first-order valence-corrected chi connectivity index (χ1v) is 8.98. The molecule has 4 rings (SSSR count). The van der Waals surface area contributed by atoms with Gasteiger partial charge in [0.15, 0.2) is 0 Å². The van der Waals surface area contributed by atoms with E-state index in [1.165, 1.54) is 16.9 Å². The normalized spacial score (nSPS) is 20.3. The van der Waals surface area contributed by atoms with Crippen molar-refractivity contribution < 1.29 is 19.1 Å². The van der Waals surface area contributed by atoms with Gasteiger partial charge in [0.2, 0.25) is 5.91 Å². The van der Waals surface area contributed by atoms with Crippen LogP contribution in [-0.2, 0) is 17.6 Å². The van der Waals surface area contributed by atoms with E-state index in [-0.39, 0.29) is 5.91 Å². The second kappa shape index (κ2) is 6.43. The van der Waals surface area contributed by atoms with Crippen LogP contribution < -0.4 is 5.32 Å². The van der Waals surface area contributed by atoms with Crippen LogP contribution in [0, 0.1) is 0 Å². The molecular formula is C19H22N2O4. The smallest absolute Gasteiger partial charge is 0.407 e. The Bertz CT molecular complexity index is 826. The van der Waals surface area contributed by atoms with Crippen LogP contribution in [0.15, 0.2) is 22.6 Å². The molecule has 6 heteroatoms. The van der Waals surface area contributed by atoms with Gasteiger partial charge in [-0.3, -0.25) is 9.69 Å². The number of likely N-dealkylation sites (tertiary alicyclic amines) is 1. The molecule has 0 radical (unpaired) electrons. The van der Waals surface area contributed by atoms with E-state index in [4.69, 9.17) is 4.42 Å². The standard InChI is InChI=1S/C19H22N2O4/c22-18(15-6-4-10-21(15)19(23)24)20-12-8-9-17-14(11-12)13-5-2-1-3-7-16(13)25-17/h8-9,11,15H,1-7,10H2,(H,20,22)(H,23,24)/t15-/m0/s1. The van der Waals surface area contributed by atoms with Crippen LogP contribution in [0.25, 0.3) is 11.0 Å². The van der Waals surface area contributed by atoms with Gasteiger partial charge in [-0.25, -0.2) is 4.79 Å². The average molecular weight is 342 g/mol. The largest absolute Gasteiger partial charge is 0.465 e. The molecule has 2 aliphatic rings. The third kappa shape index (κ3) is 2.97. The number of furan rings is 1. The molecule has 0 spiro atoms. The number of hydrogen-bond donors (Lipinski definition) is 2. The van der Waals surface area contributed by atoms with E-state index in [1.54, 1.807) is 0 Å². The van der Waals surface area contributed by atoms with E-state index in [0.717, 1.165) is 48.8 Å². The van der Waals surface area contributed by atoms with Crippen LogP contribution in [-0.4, -0.2) is 34.6 Å². The summed E-state index contributed by atoms with van der Waals surface area (Å²) in [5.41, 5.74) is 2.82. The molecular weight excluding hydrogens is 320 g/mol. The number of hydrogen-bond acceptors (Lipinski definition) is 3. The number of nitrogens with one attached hydrogen (secondary N) is 1. The van der Waals surface area contributed by atoms with Gasteiger partial charge >= 0.3 is 6.09 Å². The van der Waals surface area contributed by atoms with Crippen molar-refractivity contribution in [3.05, 3.63) is 29.5 Å². The van der Waals surface area contributed by atoms with E-state index in [0.29, 0.717) is 18.7 Å². The lowest BCUT2D eigenvalue weighted by Crippen LogP contribution is -2.42. The summed E-state index contributed by atoms with van der Waals surface area (Å²) in [4.78, 5) is 25.0. The summed E-state index contributed by atoms with van der Waals surface area (Å²) < 4.78 is 5.98.